The number of para-hydroxylation sites is 1. The lowest BCUT2D eigenvalue weighted by Crippen LogP contribution is -2.36. The summed E-state index contributed by atoms with van der Waals surface area (Å²) in [4.78, 5) is 30.4. The summed E-state index contributed by atoms with van der Waals surface area (Å²) in [5, 5.41) is 9.40. The quantitative estimate of drug-likeness (QED) is 0.191. The first-order valence-corrected chi connectivity index (χ1v) is 12.2. The third-order valence-corrected chi connectivity index (χ3v) is 6.29. The average molecular weight is 499 g/mol. The molecule has 1 atom stereocenters. The summed E-state index contributed by atoms with van der Waals surface area (Å²) in [6.45, 7) is 4.88. The molecule has 0 fully saturated rings. The lowest BCUT2D eigenvalue weighted by atomic mass is 10.1. The minimum atomic E-state index is -0.881. The average Bonchev–Trinajstić information content (AvgIpc) is 2.94. The van der Waals surface area contributed by atoms with Crippen LogP contribution in [0.5, 0.6) is 11.6 Å². The van der Waals surface area contributed by atoms with E-state index in [2.05, 4.69) is 22.1 Å². The Kier molecular flexibility index (Phi) is 7.33. The number of aromatic nitrogens is 3. The zero-order valence-corrected chi connectivity index (χ0v) is 20.5. The highest BCUT2D eigenvalue weighted by molar-refractivity contribution is 7.99. The number of hydrogen-bond donors (Lipinski definition) is 0. The second kappa shape index (κ2) is 10.4. The molecule has 0 saturated carbocycles. The smallest absolute Gasteiger partial charge is 0.308 e. The van der Waals surface area contributed by atoms with Gasteiger partial charge in [-0.3, -0.25) is 14.5 Å². The van der Waals surface area contributed by atoms with Gasteiger partial charge in [-0.1, -0.05) is 54.9 Å². The van der Waals surface area contributed by atoms with Crippen LogP contribution in [0, 0.1) is 0 Å². The van der Waals surface area contributed by atoms with Crippen LogP contribution < -0.4 is 14.4 Å². The Morgan fingerprint density at radius 3 is 2.68 bits per heavy atom. The molecule has 4 rings (SSSR count). The minimum Gasteiger partial charge on any atom is -0.447 e. The summed E-state index contributed by atoms with van der Waals surface area (Å²) in [5.41, 5.74) is 2.33. The predicted octanol–water partition coefficient (Wildman–Crippen LogP) is 5.45. The van der Waals surface area contributed by atoms with Gasteiger partial charge in [0.15, 0.2) is 5.69 Å². The number of thioether (sulfide) groups is 1. The molecule has 0 aliphatic carbocycles. The van der Waals surface area contributed by atoms with Gasteiger partial charge in [-0.05, 0) is 30.7 Å². The van der Waals surface area contributed by atoms with Gasteiger partial charge in [0.2, 0.25) is 23.2 Å². The fraction of sp³-hybridized carbons (Fsp3) is 0.292. The van der Waals surface area contributed by atoms with Gasteiger partial charge >= 0.3 is 5.97 Å². The van der Waals surface area contributed by atoms with Crippen molar-refractivity contribution in [1.82, 2.24) is 15.2 Å². The molecule has 1 aliphatic heterocycles. The first-order valence-electron chi connectivity index (χ1n) is 10.8. The topological polar surface area (TPSA) is 94.5 Å². The van der Waals surface area contributed by atoms with E-state index < -0.39 is 12.2 Å². The van der Waals surface area contributed by atoms with Crippen LogP contribution in [-0.4, -0.2) is 32.8 Å². The third-order valence-electron chi connectivity index (χ3n) is 5.07. The zero-order chi connectivity index (χ0) is 24.2. The van der Waals surface area contributed by atoms with Gasteiger partial charge in [0, 0.05) is 30.7 Å². The first kappa shape index (κ1) is 24.0. The SMILES string of the molecule is CCCCSc1nnc2c(n1)O[C@H](c1ccc(OC(C)=O)c(Cl)c1)N(C(C)=O)c1ccccc1-2. The molecule has 3 aromatic rings. The van der Waals surface area contributed by atoms with Crippen molar-refractivity contribution in [1.29, 1.82) is 0 Å². The molecule has 0 N–H and O–H groups in total. The summed E-state index contributed by atoms with van der Waals surface area (Å²) in [7, 11) is 0. The Hall–Kier alpha value is -3.17. The monoisotopic (exact) mass is 498 g/mol. The van der Waals surface area contributed by atoms with E-state index in [0.717, 1.165) is 18.6 Å². The largest absolute Gasteiger partial charge is 0.447 e. The molecule has 2 heterocycles. The molecule has 0 saturated heterocycles. The third kappa shape index (κ3) is 5.00. The van der Waals surface area contributed by atoms with E-state index in [4.69, 9.17) is 21.1 Å². The molecule has 0 spiro atoms. The number of halogens is 1. The maximum Gasteiger partial charge on any atom is 0.308 e. The fourth-order valence-corrected chi connectivity index (χ4v) is 4.64. The van der Waals surface area contributed by atoms with Crippen LogP contribution in [0.15, 0.2) is 47.6 Å². The highest BCUT2D eigenvalue weighted by Crippen LogP contribution is 2.44. The fourth-order valence-electron chi connectivity index (χ4n) is 3.55. The lowest BCUT2D eigenvalue weighted by Gasteiger charge is -2.30. The number of benzene rings is 2. The highest BCUT2D eigenvalue weighted by Gasteiger charge is 2.34. The van der Waals surface area contributed by atoms with Gasteiger partial charge in [-0.15, -0.1) is 10.2 Å². The van der Waals surface area contributed by atoms with Gasteiger partial charge in [0.05, 0.1) is 10.7 Å². The normalized spacial score (nSPS) is 14.5. The summed E-state index contributed by atoms with van der Waals surface area (Å²) in [5.74, 6) is 0.639. The molecule has 1 amide bonds. The van der Waals surface area contributed by atoms with Crippen LogP contribution in [-0.2, 0) is 9.59 Å². The lowest BCUT2D eigenvalue weighted by molar-refractivity contribution is -0.131. The number of anilines is 1. The van der Waals surface area contributed by atoms with Crippen molar-refractivity contribution in [3.05, 3.63) is 53.1 Å². The summed E-state index contributed by atoms with van der Waals surface area (Å²) in [6, 6.07) is 12.3. The van der Waals surface area contributed by atoms with Crippen molar-refractivity contribution in [2.24, 2.45) is 0 Å². The molecule has 1 aromatic heterocycles. The summed E-state index contributed by atoms with van der Waals surface area (Å²) >= 11 is 7.89. The van der Waals surface area contributed by atoms with Crippen molar-refractivity contribution < 1.29 is 19.1 Å². The standard InChI is InChI=1S/C24H23ClN4O4S/c1-4-5-12-34-24-26-22-21(27-28-24)17-8-6-7-9-19(17)29(14(2)30)23(33-22)16-10-11-20(18(25)13-16)32-15(3)31/h6-11,13,23H,4-5,12H2,1-3H3/t23-/m1/s1. The van der Waals surface area contributed by atoms with Gasteiger partial charge in [0.1, 0.15) is 5.75 Å². The van der Waals surface area contributed by atoms with Crippen LogP contribution in [0.4, 0.5) is 5.69 Å². The maximum atomic E-state index is 12.9. The number of hydrogen-bond acceptors (Lipinski definition) is 8. The number of carbonyl (C=O) groups excluding carboxylic acids is 2. The van der Waals surface area contributed by atoms with Crippen molar-refractivity contribution in [3.8, 4) is 22.9 Å². The number of esters is 1. The van der Waals surface area contributed by atoms with Crippen molar-refractivity contribution in [2.75, 3.05) is 10.7 Å². The molecule has 1 aliphatic rings. The number of ether oxygens (including phenoxy) is 2. The molecule has 8 nitrogen and oxygen atoms in total. The number of nitrogens with zero attached hydrogens (tertiary/aromatic N) is 4. The van der Waals surface area contributed by atoms with E-state index in [0.29, 0.717) is 27.7 Å². The second-order valence-corrected chi connectivity index (χ2v) is 9.08. The van der Waals surface area contributed by atoms with Gasteiger partial charge in [0.25, 0.3) is 0 Å². The molecule has 34 heavy (non-hydrogen) atoms. The second-order valence-electron chi connectivity index (χ2n) is 7.61. The van der Waals surface area contributed by atoms with Crippen LogP contribution in [0.1, 0.15) is 45.4 Å². The van der Waals surface area contributed by atoms with Crippen LogP contribution in [0.3, 0.4) is 0 Å². The van der Waals surface area contributed by atoms with E-state index in [-0.39, 0.29) is 22.6 Å². The Morgan fingerprint density at radius 2 is 1.97 bits per heavy atom. The zero-order valence-electron chi connectivity index (χ0n) is 18.9. The van der Waals surface area contributed by atoms with Gasteiger partial charge in [-0.25, -0.2) is 0 Å². The molecule has 0 unspecified atom stereocenters. The summed E-state index contributed by atoms with van der Waals surface area (Å²) < 4.78 is 11.5. The number of amides is 1. The molecule has 2 aromatic carbocycles. The van der Waals surface area contributed by atoms with Crippen molar-refractivity contribution in [3.63, 3.8) is 0 Å². The number of rotatable bonds is 6. The Bertz CT molecular complexity index is 1240. The van der Waals surface area contributed by atoms with Crippen molar-refractivity contribution >= 4 is 40.9 Å². The number of fused-ring (bicyclic) bond motifs is 3. The molecule has 176 valence electrons. The Balaban J connectivity index is 1.83. The van der Waals surface area contributed by atoms with Gasteiger partial charge in [-0.2, -0.15) is 4.98 Å². The maximum absolute atomic E-state index is 12.9. The predicted molar refractivity (Wildman–Crippen MR) is 130 cm³/mol. The number of unbranched alkanes of at least 4 members (excludes halogenated alkanes) is 1. The molecule has 10 heteroatoms. The molecular formula is C24H23ClN4O4S. The molecular weight excluding hydrogens is 476 g/mol. The van der Waals surface area contributed by atoms with Crippen LogP contribution in [0.25, 0.3) is 11.3 Å². The van der Waals surface area contributed by atoms with Crippen LogP contribution >= 0.6 is 23.4 Å². The minimum absolute atomic E-state index is 0.217. The van der Waals surface area contributed by atoms with Gasteiger partial charge < -0.3 is 9.47 Å². The van der Waals surface area contributed by atoms with E-state index in [1.807, 2.05) is 24.3 Å². The molecule has 0 bridgehead atoms. The molecule has 0 radical (unpaired) electrons. The number of carbonyl (C=O) groups is 2. The van der Waals surface area contributed by atoms with E-state index in [9.17, 15) is 9.59 Å². The van der Waals surface area contributed by atoms with Crippen LogP contribution in [0.2, 0.25) is 5.02 Å². The van der Waals surface area contributed by atoms with Crippen molar-refractivity contribution in [2.45, 2.75) is 45.0 Å². The first-order chi connectivity index (χ1) is 16.4. The van der Waals surface area contributed by atoms with E-state index in [1.165, 1.54) is 30.5 Å². The van der Waals surface area contributed by atoms with E-state index in [1.54, 1.807) is 18.2 Å². The summed E-state index contributed by atoms with van der Waals surface area (Å²) in [6.07, 6.45) is 1.21. The Labute approximate surface area is 206 Å². The van der Waals surface area contributed by atoms with E-state index >= 15 is 0 Å². The highest BCUT2D eigenvalue weighted by atomic mass is 35.5. The Morgan fingerprint density at radius 1 is 1.18 bits per heavy atom.